The average Bonchev–Trinajstić information content (AvgIpc) is 3.68. The van der Waals surface area contributed by atoms with Crippen LogP contribution in [0.1, 0.15) is 25.7 Å². The van der Waals surface area contributed by atoms with Crippen molar-refractivity contribution in [2.75, 3.05) is 26.3 Å². The Labute approximate surface area is 190 Å². The van der Waals surface area contributed by atoms with Gasteiger partial charge in [-0.3, -0.25) is 10.0 Å². The summed E-state index contributed by atoms with van der Waals surface area (Å²) in [4.78, 5) is 14.7. The van der Waals surface area contributed by atoms with Gasteiger partial charge < -0.3 is 18.6 Å². The van der Waals surface area contributed by atoms with Gasteiger partial charge in [0, 0.05) is 19.1 Å². The number of piperidine rings is 1. The Morgan fingerprint density at radius 3 is 2.09 bits per heavy atom. The molecule has 0 bridgehead atoms. The molecule has 9 heteroatoms. The number of carbonyl (C=O) groups is 1. The molecule has 8 nitrogen and oxygen atoms in total. The first-order valence-electron chi connectivity index (χ1n) is 10.8. The van der Waals surface area contributed by atoms with Crippen molar-refractivity contribution in [3.8, 4) is 17.2 Å². The maximum Gasteiger partial charge on any atom is 0.265 e. The van der Waals surface area contributed by atoms with E-state index in [1.807, 2.05) is 30.3 Å². The number of carbonyl (C=O) groups excluding carboxylic acids is 1. The van der Waals surface area contributed by atoms with Gasteiger partial charge in [-0.05, 0) is 62.1 Å². The van der Waals surface area contributed by atoms with Gasteiger partial charge in [-0.15, -0.1) is 0 Å². The van der Waals surface area contributed by atoms with E-state index in [1.165, 1.54) is 12.8 Å². The third-order valence-electron chi connectivity index (χ3n) is 5.86. The first kappa shape index (κ1) is 22.6. The molecule has 32 heavy (non-hydrogen) atoms. The first-order chi connectivity index (χ1) is 15.6. The molecule has 1 saturated heterocycles. The molecular weight excluding hydrogens is 432 g/mol. The monoisotopic (exact) mass is 460 g/mol. The number of hydrogen-bond acceptors (Lipinski definition) is 7. The Morgan fingerprint density at radius 1 is 0.969 bits per heavy atom. The Balaban J connectivity index is 1.29. The van der Waals surface area contributed by atoms with Crippen molar-refractivity contribution in [1.82, 2.24) is 10.4 Å². The number of ether oxygens (including phenoxy) is 2. The van der Waals surface area contributed by atoms with E-state index in [1.54, 1.807) is 29.7 Å². The molecule has 1 atom stereocenters. The van der Waals surface area contributed by atoms with Crippen LogP contribution in [0.15, 0.2) is 54.6 Å². The summed E-state index contributed by atoms with van der Waals surface area (Å²) in [5.74, 6) is 1.11. The van der Waals surface area contributed by atoms with Gasteiger partial charge in [0.15, 0.2) is 4.75 Å². The lowest BCUT2D eigenvalue weighted by Crippen LogP contribution is -2.57. The average molecular weight is 461 g/mol. The zero-order valence-corrected chi connectivity index (χ0v) is 18.6. The van der Waals surface area contributed by atoms with Gasteiger partial charge in [0.2, 0.25) is 11.1 Å². The third kappa shape index (κ3) is 5.40. The second-order valence-corrected chi connectivity index (χ2v) is 9.42. The largest absolute Gasteiger partial charge is 0.490 e. The predicted octanol–water partition coefficient (Wildman–Crippen LogP) is 2.69. The fourth-order valence-corrected chi connectivity index (χ4v) is 5.01. The van der Waals surface area contributed by atoms with E-state index in [-0.39, 0.29) is 0 Å². The number of nitrogens with zero attached hydrogens (tertiary/aromatic N) is 1. The molecule has 1 heterocycles. The zero-order chi connectivity index (χ0) is 22.4. The Kier molecular flexibility index (Phi) is 7.29. The maximum absolute atomic E-state index is 13.1. The molecule has 0 aromatic heterocycles. The van der Waals surface area contributed by atoms with Crippen LogP contribution in [0.4, 0.5) is 0 Å². The van der Waals surface area contributed by atoms with Crippen molar-refractivity contribution >= 4 is 17.0 Å². The van der Waals surface area contributed by atoms with Gasteiger partial charge in [-0.2, -0.15) is 0 Å². The Hall–Kier alpha value is -2.62. The van der Waals surface area contributed by atoms with Crippen LogP contribution in [0.3, 0.4) is 0 Å². The van der Waals surface area contributed by atoms with Gasteiger partial charge >= 0.3 is 0 Å². The number of benzene rings is 2. The van der Waals surface area contributed by atoms with Crippen LogP contribution in [0.2, 0.25) is 0 Å². The van der Waals surface area contributed by atoms with Crippen LogP contribution in [-0.2, 0) is 15.9 Å². The van der Waals surface area contributed by atoms with Crippen LogP contribution >= 0.6 is 0 Å². The summed E-state index contributed by atoms with van der Waals surface area (Å²) >= 11 is -1.95. The van der Waals surface area contributed by atoms with E-state index in [2.05, 4.69) is 4.90 Å². The number of rotatable bonds is 10. The molecule has 2 fully saturated rings. The number of para-hydroxylation sites is 1. The third-order valence-corrected chi connectivity index (χ3v) is 7.44. The van der Waals surface area contributed by atoms with E-state index >= 15 is 0 Å². The second kappa shape index (κ2) is 10.3. The molecule has 1 aliphatic carbocycles. The SMILES string of the molecule is O=C(NO)C1(S(=O)Oc2ccc(OCCOc3ccccc3)cc2)CCN(C2CC2)CC1. The van der Waals surface area contributed by atoms with Gasteiger partial charge in [-0.25, -0.2) is 9.69 Å². The number of nitrogens with one attached hydrogen (secondary N) is 1. The molecule has 1 aliphatic heterocycles. The summed E-state index contributed by atoms with van der Waals surface area (Å²) in [5, 5.41) is 9.24. The normalized spacial score (nSPS) is 19.0. The summed E-state index contributed by atoms with van der Waals surface area (Å²) in [6.45, 7) is 2.09. The van der Waals surface area contributed by atoms with E-state index in [4.69, 9.17) is 13.7 Å². The van der Waals surface area contributed by atoms with Crippen LogP contribution in [-0.4, -0.2) is 57.3 Å². The lowest BCUT2D eigenvalue weighted by atomic mass is 9.95. The summed E-state index contributed by atoms with van der Waals surface area (Å²) in [6, 6.07) is 16.8. The van der Waals surface area contributed by atoms with E-state index in [0.29, 0.717) is 56.7 Å². The van der Waals surface area contributed by atoms with Gasteiger partial charge in [0.05, 0.1) is 0 Å². The zero-order valence-electron chi connectivity index (χ0n) is 17.8. The minimum atomic E-state index is -1.95. The van der Waals surface area contributed by atoms with Crippen molar-refractivity contribution in [2.45, 2.75) is 36.5 Å². The Bertz CT molecular complexity index is 912. The maximum atomic E-state index is 13.1. The summed E-state index contributed by atoms with van der Waals surface area (Å²) in [6.07, 6.45) is 3.08. The Morgan fingerprint density at radius 2 is 1.53 bits per heavy atom. The van der Waals surface area contributed by atoms with E-state index in [9.17, 15) is 14.2 Å². The lowest BCUT2D eigenvalue weighted by Gasteiger charge is -2.38. The van der Waals surface area contributed by atoms with Gasteiger partial charge in [0.25, 0.3) is 5.91 Å². The first-order valence-corrected chi connectivity index (χ1v) is 11.9. The number of hydroxylamine groups is 1. The highest BCUT2D eigenvalue weighted by atomic mass is 32.2. The summed E-state index contributed by atoms with van der Waals surface area (Å²) in [5.41, 5.74) is 1.69. The minimum Gasteiger partial charge on any atom is -0.490 e. The number of hydrogen-bond donors (Lipinski definition) is 2. The van der Waals surface area contributed by atoms with Crippen LogP contribution in [0, 0.1) is 0 Å². The van der Waals surface area contributed by atoms with Gasteiger partial charge in [-0.1, -0.05) is 18.2 Å². The highest BCUT2D eigenvalue weighted by Crippen LogP contribution is 2.36. The molecule has 172 valence electrons. The molecule has 2 aliphatic rings. The second-order valence-electron chi connectivity index (χ2n) is 8.00. The molecule has 2 aromatic rings. The van der Waals surface area contributed by atoms with Crippen LogP contribution in [0.5, 0.6) is 17.2 Å². The molecule has 2 aromatic carbocycles. The molecule has 2 N–H and O–H groups in total. The molecule has 4 rings (SSSR count). The van der Waals surface area contributed by atoms with Crippen molar-refractivity contribution in [1.29, 1.82) is 0 Å². The van der Waals surface area contributed by atoms with Crippen molar-refractivity contribution in [3.63, 3.8) is 0 Å². The van der Waals surface area contributed by atoms with E-state index < -0.39 is 21.7 Å². The molecular formula is C23H28N2O6S. The number of amides is 1. The standard InChI is InChI=1S/C23H28N2O6S/c26-22(24-27)23(12-14-25(15-13-23)18-6-7-18)32(28)31-21-10-8-20(9-11-21)30-17-16-29-19-4-2-1-3-5-19/h1-5,8-11,18,27H,6-7,12-17H2,(H,24,26). The van der Waals surface area contributed by atoms with Gasteiger partial charge in [0.1, 0.15) is 30.5 Å². The molecule has 1 saturated carbocycles. The molecule has 1 amide bonds. The smallest absolute Gasteiger partial charge is 0.265 e. The predicted molar refractivity (Wildman–Crippen MR) is 119 cm³/mol. The fourth-order valence-electron chi connectivity index (χ4n) is 3.86. The van der Waals surface area contributed by atoms with Crippen molar-refractivity contribution in [3.05, 3.63) is 54.6 Å². The number of likely N-dealkylation sites (tertiary alicyclic amines) is 1. The molecule has 0 radical (unpaired) electrons. The summed E-state index contributed by atoms with van der Waals surface area (Å²) < 4.78 is 28.7. The summed E-state index contributed by atoms with van der Waals surface area (Å²) in [7, 11) is 0. The molecule has 1 unspecified atom stereocenters. The van der Waals surface area contributed by atoms with Crippen molar-refractivity contribution in [2.24, 2.45) is 0 Å². The van der Waals surface area contributed by atoms with Crippen LogP contribution in [0.25, 0.3) is 0 Å². The lowest BCUT2D eigenvalue weighted by molar-refractivity contribution is -0.133. The highest BCUT2D eigenvalue weighted by Gasteiger charge is 2.50. The van der Waals surface area contributed by atoms with Crippen LogP contribution < -0.4 is 19.1 Å². The van der Waals surface area contributed by atoms with E-state index in [0.717, 1.165) is 5.75 Å². The topological polar surface area (TPSA) is 97.3 Å². The van der Waals surface area contributed by atoms with Crippen molar-refractivity contribution < 1.29 is 27.9 Å². The highest BCUT2D eigenvalue weighted by molar-refractivity contribution is 7.83. The fraction of sp³-hybridized carbons (Fsp3) is 0.435. The quantitative estimate of drug-likeness (QED) is 0.320. The molecule has 0 spiro atoms. The minimum absolute atomic E-state index is 0.366.